The van der Waals surface area contributed by atoms with E-state index in [-0.39, 0.29) is 29.5 Å². The van der Waals surface area contributed by atoms with Gasteiger partial charge in [0.2, 0.25) is 5.91 Å². The molecule has 8 nitrogen and oxygen atoms in total. The second kappa shape index (κ2) is 12.2. The fourth-order valence-electron chi connectivity index (χ4n) is 4.66. The summed E-state index contributed by atoms with van der Waals surface area (Å²) in [7, 11) is 0. The number of carbonyl (C=O) groups is 3. The van der Waals surface area contributed by atoms with E-state index in [0.717, 1.165) is 11.1 Å². The van der Waals surface area contributed by atoms with Gasteiger partial charge in [-0.2, -0.15) is 11.3 Å². The summed E-state index contributed by atoms with van der Waals surface area (Å²) in [6.45, 7) is 5.78. The van der Waals surface area contributed by atoms with Crippen LogP contribution in [0, 0.1) is 6.92 Å². The van der Waals surface area contributed by atoms with Crippen LogP contribution in [0.1, 0.15) is 40.9 Å². The van der Waals surface area contributed by atoms with Crippen molar-refractivity contribution in [1.82, 2.24) is 15.5 Å². The van der Waals surface area contributed by atoms with Crippen molar-refractivity contribution in [2.45, 2.75) is 56.7 Å². The molecule has 1 fully saturated rings. The van der Waals surface area contributed by atoms with Gasteiger partial charge in [0.05, 0.1) is 11.9 Å². The monoisotopic (exact) mass is 567 g/mol. The lowest BCUT2D eigenvalue weighted by Crippen LogP contribution is -2.58. The molecule has 2 heterocycles. The number of hydrogen-bond donors (Lipinski definition) is 4. The summed E-state index contributed by atoms with van der Waals surface area (Å²) in [5.41, 5.74) is 2.44. The summed E-state index contributed by atoms with van der Waals surface area (Å²) in [6, 6.07) is 14.0. The highest BCUT2D eigenvalue weighted by Crippen LogP contribution is 2.40. The molecule has 1 aromatic heterocycles. The van der Waals surface area contributed by atoms with Crippen molar-refractivity contribution in [1.29, 1.82) is 0 Å². The Morgan fingerprint density at radius 3 is 2.51 bits per heavy atom. The van der Waals surface area contributed by atoms with Crippen LogP contribution in [0.2, 0.25) is 0 Å². The molecule has 3 amide bonds. The summed E-state index contributed by atoms with van der Waals surface area (Å²) in [6.07, 6.45) is -1.41. The van der Waals surface area contributed by atoms with Crippen LogP contribution in [0.25, 0.3) is 0 Å². The van der Waals surface area contributed by atoms with E-state index >= 15 is 0 Å². The first-order valence-electron chi connectivity index (χ1n) is 12.6. The van der Waals surface area contributed by atoms with Crippen LogP contribution in [0.5, 0.6) is 5.75 Å². The Hall–Kier alpha value is -3.34. The second-order valence-corrected chi connectivity index (χ2v) is 12.5. The molecule has 39 heavy (non-hydrogen) atoms. The van der Waals surface area contributed by atoms with Gasteiger partial charge < -0.3 is 25.7 Å². The molecule has 0 bridgehead atoms. The van der Waals surface area contributed by atoms with E-state index < -0.39 is 34.7 Å². The molecule has 4 N–H and O–H groups in total. The number of thioether (sulfide) groups is 1. The van der Waals surface area contributed by atoms with Crippen molar-refractivity contribution in [2.75, 3.05) is 5.88 Å². The number of nitrogens with one attached hydrogen (secondary N) is 2. The Bertz CT molecular complexity index is 1310. The van der Waals surface area contributed by atoms with Gasteiger partial charge in [-0.05, 0) is 67.3 Å². The fourth-order valence-corrected chi connectivity index (χ4v) is 6.47. The third kappa shape index (κ3) is 6.63. The van der Waals surface area contributed by atoms with E-state index in [1.54, 1.807) is 19.1 Å². The molecule has 3 atom stereocenters. The van der Waals surface area contributed by atoms with Gasteiger partial charge in [-0.3, -0.25) is 14.4 Å². The summed E-state index contributed by atoms with van der Waals surface area (Å²) >= 11 is 3.00. The second-order valence-electron chi connectivity index (χ2n) is 10.1. The third-order valence-electron chi connectivity index (χ3n) is 6.92. The van der Waals surface area contributed by atoms with E-state index in [4.69, 9.17) is 0 Å². The number of aromatic hydroxyl groups is 1. The first-order chi connectivity index (χ1) is 18.6. The Labute approximate surface area is 236 Å². The normalized spacial score (nSPS) is 17.8. The SMILES string of the molecule is Cc1c(O)cccc1C(=O)NC(Cc1ccccc1)C(O)C(=O)N1CSC(C)(C)C1C(=O)NCc1ccsc1. The molecule has 1 saturated heterocycles. The van der Waals surface area contributed by atoms with Gasteiger partial charge in [-0.15, -0.1) is 11.8 Å². The molecule has 3 aromatic rings. The van der Waals surface area contributed by atoms with Gasteiger partial charge in [-0.25, -0.2) is 0 Å². The largest absolute Gasteiger partial charge is 0.508 e. The van der Waals surface area contributed by atoms with Gasteiger partial charge in [0, 0.05) is 22.4 Å². The van der Waals surface area contributed by atoms with Crippen LogP contribution in [0.4, 0.5) is 0 Å². The zero-order valence-corrected chi connectivity index (χ0v) is 23.7. The molecule has 4 rings (SSSR count). The number of benzene rings is 2. The van der Waals surface area contributed by atoms with Crippen LogP contribution < -0.4 is 10.6 Å². The Morgan fingerprint density at radius 1 is 1.08 bits per heavy atom. The van der Waals surface area contributed by atoms with Crippen molar-refractivity contribution in [3.8, 4) is 5.75 Å². The molecule has 0 saturated carbocycles. The molecule has 1 aliphatic rings. The number of nitrogens with zero attached hydrogens (tertiary/aromatic N) is 1. The number of phenols is 1. The predicted octanol–water partition coefficient (Wildman–Crippen LogP) is 3.46. The zero-order chi connectivity index (χ0) is 28.2. The number of rotatable bonds is 9. The van der Waals surface area contributed by atoms with Gasteiger partial charge in [0.15, 0.2) is 6.10 Å². The first kappa shape index (κ1) is 28.7. The average Bonchev–Trinajstić information content (AvgIpc) is 3.55. The van der Waals surface area contributed by atoms with Crippen LogP contribution >= 0.6 is 23.1 Å². The van der Waals surface area contributed by atoms with E-state index in [1.807, 2.05) is 61.0 Å². The van der Waals surface area contributed by atoms with E-state index in [0.29, 0.717) is 12.1 Å². The molecule has 0 aliphatic carbocycles. The van der Waals surface area contributed by atoms with E-state index in [2.05, 4.69) is 10.6 Å². The molecule has 3 unspecified atom stereocenters. The molecular weight excluding hydrogens is 534 g/mol. The van der Waals surface area contributed by atoms with Gasteiger partial charge in [-0.1, -0.05) is 36.4 Å². The lowest BCUT2D eigenvalue weighted by atomic mass is 9.96. The third-order valence-corrected chi connectivity index (χ3v) is 9.03. The molecule has 2 aromatic carbocycles. The van der Waals surface area contributed by atoms with E-state index in [1.165, 1.54) is 34.1 Å². The molecule has 0 spiro atoms. The standard InChI is InChI=1S/C29H33N3O5S2/c1-18-21(10-7-11-23(18)33)26(35)31-22(14-19-8-5-4-6-9-19)24(34)28(37)32-17-39-29(2,3)25(32)27(36)30-15-20-12-13-38-16-20/h4-13,16,22,24-25,33-34H,14-15,17H2,1-3H3,(H,30,36)(H,31,35). The lowest BCUT2D eigenvalue weighted by molar-refractivity contribution is -0.147. The smallest absolute Gasteiger partial charge is 0.254 e. The molecule has 0 radical (unpaired) electrons. The number of aliphatic hydroxyl groups is 1. The highest BCUT2D eigenvalue weighted by molar-refractivity contribution is 8.00. The van der Waals surface area contributed by atoms with Gasteiger partial charge in [0.25, 0.3) is 11.8 Å². The van der Waals surface area contributed by atoms with Gasteiger partial charge >= 0.3 is 0 Å². The molecular formula is C29H33N3O5S2. The van der Waals surface area contributed by atoms with Crippen LogP contribution in [-0.2, 0) is 22.6 Å². The predicted molar refractivity (Wildman–Crippen MR) is 154 cm³/mol. The minimum absolute atomic E-state index is 0.0217. The minimum atomic E-state index is -1.60. The quantitative estimate of drug-likeness (QED) is 0.315. The number of phenolic OH excluding ortho intramolecular Hbond substituents is 1. The summed E-state index contributed by atoms with van der Waals surface area (Å²) in [5.74, 6) is -1.23. The Kier molecular flexibility index (Phi) is 8.99. The van der Waals surface area contributed by atoms with Crippen molar-refractivity contribution >= 4 is 40.8 Å². The van der Waals surface area contributed by atoms with Crippen molar-refractivity contribution in [3.05, 3.63) is 87.6 Å². The maximum Gasteiger partial charge on any atom is 0.254 e. The van der Waals surface area contributed by atoms with Crippen molar-refractivity contribution in [2.24, 2.45) is 0 Å². The topological polar surface area (TPSA) is 119 Å². The maximum atomic E-state index is 13.7. The van der Waals surface area contributed by atoms with Gasteiger partial charge in [0.1, 0.15) is 11.8 Å². The number of aliphatic hydroxyl groups excluding tert-OH is 1. The number of carbonyl (C=O) groups excluding carboxylic acids is 3. The lowest BCUT2D eigenvalue weighted by Gasteiger charge is -2.33. The average molecular weight is 568 g/mol. The fraction of sp³-hybridized carbons (Fsp3) is 0.345. The van der Waals surface area contributed by atoms with Crippen LogP contribution in [0.15, 0.2) is 65.4 Å². The minimum Gasteiger partial charge on any atom is -0.508 e. The number of thiophene rings is 1. The van der Waals surface area contributed by atoms with Crippen molar-refractivity contribution < 1.29 is 24.6 Å². The van der Waals surface area contributed by atoms with Crippen molar-refractivity contribution in [3.63, 3.8) is 0 Å². The number of amides is 3. The molecule has 10 heteroatoms. The first-order valence-corrected chi connectivity index (χ1v) is 14.6. The summed E-state index contributed by atoms with van der Waals surface area (Å²) < 4.78 is -0.578. The Balaban J connectivity index is 1.56. The number of hydrogen-bond acceptors (Lipinski definition) is 7. The maximum absolute atomic E-state index is 13.7. The highest BCUT2D eigenvalue weighted by atomic mass is 32.2. The summed E-state index contributed by atoms with van der Waals surface area (Å²) in [5, 5.41) is 31.1. The Morgan fingerprint density at radius 2 is 1.82 bits per heavy atom. The van der Waals surface area contributed by atoms with Crippen LogP contribution in [0.3, 0.4) is 0 Å². The van der Waals surface area contributed by atoms with Crippen LogP contribution in [-0.4, -0.2) is 61.6 Å². The summed E-state index contributed by atoms with van der Waals surface area (Å²) in [4.78, 5) is 41.7. The zero-order valence-electron chi connectivity index (χ0n) is 22.1. The molecule has 206 valence electrons. The molecule has 1 aliphatic heterocycles. The van der Waals surface area contributed by atoms with E-state index in [9.17, 15) is 24.6 Å². The highest BCUT2D eigenvalue weighted by Gasteiger charge is 2.49.